The summed E-state index contributed by atoms with van der Waals surface area (Å²) in [5, 5.41) is 11.9. The van der Waals surface area contributed by atoms with Crippen LogP contribution >= 0.6 is 0 Å². The Morgan fingerprint density at radius 3 is 2.29 bits per heavy atom. The predicted molar refractivity (Wildman–Crippen MR) is 106 cm³/mol. The van der Waals surface area contributed by atoms with Crippen LogP contribution < -0.4 is 10.1 Å². The number of carboxylic acids is 1. The van der Waals surface area contributed by atoms with E-state index in [1.54, 1.807) is 36.4 Å². The second-order valence-electron chi connectivity index (χ2n) is 6.02. The summed E-state index contributed by atoms with van der Waals surface area (Å²) >= 11 is 0. The molecule has 0 spiro atoms. The predicted octanol–water partition coefficient (Wildman–Crippen LogP) is 4.81. The molecule has 0 fully saturated rings. The molecule has 142 valence electrons. The van der Waals surface area contributed by atoms with E-state index < -0.39 is 12.1 Å². The van der Waals surface area contributed by atoms with E-state index in [9.17, 15) is 14.7 Å². The molecule has 0 bridgehead atoms. The van der Waals surface area contributed by atoms with Gasteiger partial charge in [-0.25, -0.2) is 9.59 Å². The van der Waals surface area contributed by atoms with Crippen molar-refractivity contribution in [2.75, 3.05) is 12.4 Å². The van der Waals surface area contributed by atoms with E-state index in [1.165, 1.54) is 13.2 Å². The molecule has 0 atom stereocenters. The highest BCUT2D eigenvalue weighted by Gasteiger charge is 2.10. The summed E-state index contributed by atoms with van der Waals surface area (Å²) in [7, 11) is 1.48. The van der Waals surface area contributed by atoms with Crippen LogP contribution in [-0.2, 0) is 11.3 Å². The second-order valence-corrected chi connectivity index (χ2v) is 6.02. The SMILES string of the molecule is COc1cc(C(=O)O)cc(-c2ccc(NC(=O)OCc3ccccc3)cc2)c1. The largest absolute Gasteiger partial charge is 0.497 e. The standard InChI is InChI=1S/C22H19NO5/c1-27-20-12-17(11-18(13-20)21(24)25)16-7-9-19(10-8-16)23-22(26)28-14-15-5-3-2-4-6-15/h2-13H,14H2,1H3,(H,23,26)(H,24,25). The first-order valence-electron chi connectivity index (χ1n) is 8.55. The zero-order chi connectivity index (χ0) is 19.9. The Bertz CT molecular complexity index is 968. The lowest BCUT2D eigenvalue weighted by molar-refractivity contribution is 0.0696. The third-order valence-electron chi connectivity index (χ3n) is 4.07. The maximum atomic E-state index is 11.9. The lowest BCUT2D eigenvalue weighted by Gasteiger charge is -2.10. The molecular formula is C22H19NO5. The number of amides is 1. The van der Waals surface area contributed by atoms with E-state index >= 15 is 0 Å². The van der Waals surface area contributed by atoms with Crippen LogP contribution in [-0.4, -0.2) is 24.3 Å². The fourth-order valence-corrected chi connectivity index (χ4v) is 2.63. The summed E-state index contributed by atoms with van der Waals surface area (Å²) in [4.78, 5) is 23.2. The molecule has 3 aromatic rings. The number of aromatic carboxylic acids is 1. The Hall–Kier alpha value is -3.80. The number of hydrogen-bond acceptors (Lipinski definition) is 4. The molecule has 0 saturated heterocycles. The molecule has 0 aliphatic heterocycles. The third-order valence-corrected chi connectivity index (χ3v) is 4.07. The lowest BCUT2D eigenvalue weighted by atomic mass is 10.0. The molecule has 0 heterocycles. The summed E-state index contributed by atoms with van der Waals surface area (Å²) in [6.07, 6.45) is -0.550. The minimum absolute atomic E-state index is 0.140. The van der Waals surface area contributed by atoms with Gasteiger partial charge in [-0.2, -0.15) is 0 Å². The summed E-state index contributed by atoms with van der Waals surface area (Å²) < 4.78 is 10.4. The van der Waals surface area contributed by atoms with Crippen LogP contribution in [0.2, 0.25) is 0 Å². The average Bonchev–Trinajstić information content (AvgIpc) is 2.73. The van der Waals surface area contributed by atoms with Crippen molar-refractivity contribution in [1.82, 2.24) is 0 Å². The van der Waals surface area contributed by atoms with Crippen LogP contribution in [0.15, 0.2) is 72.8 Å². The summed E-state index contributed by atoms with van der Waals surface area (Å²) in [6, 6.07) is 21.2. The van der Waals surface area contributed by atoms with Crippen LogP contribution in [0.25, 0.3) is 11.1 Å². The van der Waals surface area contributed by atoms with Crippen molar-refractivity contribution < 1.29 is 24.2 Å². The normalized spacial score (nSPS) is 10.2. The number of nitrogens with one attached hydrogen (secondary N) is 1. The Kier molecular flexibility index (Phi) is 5.91. The Morgan fingerprint density at radius 1 is 0.929 bits per heavy atom. The second kappa shape index (κ2) is 8.73. The maximum absolute atomic E-state index is 11.9. The molecule has 3 aromatic carbocycles. The summed E-state index contributed by atoms with van der Waals surface area (Å²) in [5.41, 5.74) is 3.11. The molecule has 0 unspecified atom stereocenters. The number of methoxy groups -OCH3 is 1. The van der Waals surface area contributed by atoms with Gasteiger partial charge in [-0.1, -0.05) is 42.5 Å². The number of carbonyl (C=O) groups is 2. The van der Waals surface area contributed by atoms with Crippen molar-refractivity contribution in [2.24, 2.45) is 0 Å². The monoisotopic (exact) mass is 377 g/mol. The molecule has 0 aliphatic carbocycles. The molecule has 0 saturated carbocycles. The number of rotatable bonds is 6. The van der Waals surface area contributed by atoms with Crippen molar-refractivity contribution in [1.29, 1.82) is 0 Å². The molecule has 0 aromatic heterocycles. The van der Waals surface area contributed by atoms with Gasteiger partial charge in [0.2, 0.25) is 0 Å². The molecule has 0 aliphatic rings. The molecular weight excluding hydrogens is 358 g/mol. The van der Waals surface area contributed by atoms with Crippen LogP contribution in [0.5, 0.6) is 5.75 Å². The number of hydrogen-bond donors (Lipinski definition) is 2. The van der Waals surface area contributed by atoms with E-state index in [-0.39, 0.29) is 12.2 Å². The van der Waals surface area contributed by atoms with Gasteiger partial charge in [0.1, 0.15) is 12.4 Å². The van der Waals surface area contributed by atoms with Crippen LogP contribution in [0, 0.1) is 0 Å². The van der Waals surface area contributed by atoms with Gasteiger partial charge in [0.25, 0.3) is 0 Å². The van der Waals surface area contributed by atoms with Gasteiger partial charge >= 0.3 is 12.1 Å². The van der Waals surface area contributed by atoms with Gasteiger partial charge in [-0.15, -0.1) is 0 Å². The smallest absolute Gasteiger partial charge is 0.411 e. The first-order chi connectivity index (χ1) is 13.5. The highest BCUT2D eigenvalue weighted by molar-refractivity contribution is 5.90. The quantitative estimate of drug-likeness (QED) is 0.644. The molecule has 6 heteroatoms. The van der Waals surface area contributed by atoms with Gasteiger partial charge in [0.05, 0.1) is 12.7 Å². The van der Waals surface area contributed by atoms with Crippen molar-refractivity contribution in [3.8, 4) is 16.9 Å². The van der Waals surface area contributed by atoms with Gasteiger partial charge in [-0.3, -0.25) is 5.32 Å². The number of carboxylic acid groups (broad SMARTS) is 1. The molecule has 28 heavy (non-hydrogen) atoms. The van der Waals surface area contributed by atoms with Crippen molar-refractivity contribution in [2.45, 2.75) is 6.61 Å². The van der Waals surface area contributed by atoms with Crippen molar-refractivity contribution in [3.63, 3.8) is 0 Å². The van der Waals surface area contributed by atoms with Gasteiger partial charge < -0.3 is 14.6 Å². The average molecular weight is 377 g/mol. The van der Waals surface area contributed by atoms with E-state index in [4.69, 9.17) is 9.47 Å². The van der Waals surface area contributed by atoms with Crippen LogP contribution in [0.3, 0.4) is 0 Å². The fraction of sp³-hybridized carbons (Fsp3) is 0.0909. The lowest BCUT2D eigenvalue weighted by Crippen LogP contribution is -2.13. The minimum atomic E-state index is -1.03. The molecule has 1 amide bonds. The van der Waals surface area contributed by atoms with Crippen LogP contribution in [0.4, 0.5) is 10.5 Å². The molecule has 2 N–H and O–H groups in total. The first kappa shape index (κ1) is 19.0. The van der Waals surface area contributed by atoms with Crippen molar-refractivity contribution >= 4 is 17.7 Å². The number of carbonyl (C=O) groups excluding carboxylic acids is 1. The van der Waals surface area contributed by atoms with E-state index in [1.807, 2.05) is 30.3 Å². The number of ether oxygens (including phenoxy) is 2. The minimum Gasteiger partial charge on any atom is -0.497 e. The molecule has 3 rings (SSSR count). The zero-order valence-electron chi connectivity index (χ0n) is 15.2. The maximum Gasteiger partial charge on any atom is 0.411 e. The summed E-state index contributed by atoms with van der Waals surface area (Å²) in [6.45, 7) is 0.187. The third kappa shape index (κ3) is 4.88. The van der Waals surface area contributed by atoms with E-state index in [0.717, 1.165) is 11.1 Å². The van der Waals surface area contributed by atoms with Crippen LogP contribution in [0.1, 0.15) is 15.9 Å². The van der Waals surface area contributed by atoms with E-state index in [2.05, 4.69) is 5.32 Å². The van der Waals surface area contributed by atoms with Gasteiger partial charge in [-0.05, 0) is 47.0 Å². The van der Waals surface area contributed by atoms with E-state index in [0.29, 0.717) is 17.0 Å². The van der Waals surface area contributed by atoms with Gasteiger partial charge in [0.15, 0.2) is 0 Å². The summed E-state index contributed by atoms with van der Waals surface area (Å²) in [5.74, 6) is -0.568. The zero-order valence-corrected chi connectivity index (χ0v) is 15.2. The molecule has 6 nitrogen and oxygen atoms in total. The Balaban J connectivity index is 1.67. The Morgan fingerprint density at radius 2 is 1.64 bits per heavy atom. The fourth-order valence-electron chi connectivity index (χ4n) is 2.63. The molecule has 0 radical (unpaired) electrons. The van der Waals surface area contributed by atoms with Crippen molar-refractivity contribution in [3.05, 3.63) is 83.9 Å². The first-order valence-corrected chi connectivity index (χ1v) is 8.55. The Labute approximate surface area is 162 Å². The number of anilines is 1. The topological polar surface area (TPSA) is 84.9 Å². The number of benzene rings is 3. The highest BCUT2D eigenvalue weighted by Crippen LogP contribution is 2.27. The van der Waals surface area contributed by atoms with Gasteiger partial charge in [0, 0.05) is 5.69 Å². The highest BCUT2D eigenvalue weighted by atomic mass is 16.5.